The van der Waals surface area contributed by atoms with Crippen molar-refractivity contribution < 1.29 is 4.42 Å². The van der Waals surface area contributed by atoms with Gasteiger partial charge in [-0.15, -0.1) is 11.3 Å². The number of benzene rings is 10. The van der Waals surface area contributed by atoms with Crippen LogP contribution < -0.4 is 4.90 Å². The molecule has 276 valence electrons. The van der Waals surface area contributed by atoms with E-state index >= 15 is 0 Å². The molecule has 2 heterocycles. The van der Waals surface area contributed by atoms with Gasteiger partial charge in [0.2, 0.25) is 0 Å². The minimum atomic E-state index is 0.866. The van der Waals surface area contributed by atoms with E-state index < -0.39 is 0 Å². The molecular formula is C56H35NOS. The van der Waals surface area contributed by atoms with E-state index in [-0.39, 0.29) is 0 Å². The highest BCUT2D eigenvalue weighted by molar-refractivity contribution is 7.25. The minimum Gasteiger partial charge on any atom is -0.455 e. The smallest absolute Gasteiger partial charge is 0.143 e. The summed E-state index contributed by atoms with van der Waals surface area (Å²) in [6.07, 6.45) is 0. The molecule has 0 spiro atoms. The number of hydrogen-bond acceptors (Lipinski definition) is 3. The van der Waals surface area contributed by atoms with Crippen LogP contribution in [-0.4, -0.2) is 0 Å². The molecule has 0 unspecified atom stereocenters. The molecule has 3 heteroatoms. The Morgan fingerprint density at radius 1 is 0.356 bits per heavy atom. The lowest BCUT2D eigenvalue weighted by Gasteiger charge is -2.27. The minimum absolute atomic E-state index is 0.866. The Morgan fingerprint density at radius 2 is 1.02 bits per heavy atom. The summed E-state index contributed by atoms with van der Waals surface area (Å²) in [5.41, 5.74) is 12.2. The molecule has 0 aliphatic rings. The molecule has 2 aromatic heterocycles. The highest BCUT2D eigenvalue weighted by Gasteiger charge is 2.21. The predicted molar refractivity (Wildman–Crippen MR) is 253 cm³/mol. The van der Waals surface area contributed by atoms with Gasteiger partial charge in [-0.25, -0.2) is 0 Å². The van der Waals surface area contributed by atoms with E-state index in [2.05, 4.69) is 217 Å². The van der Waals surface area contributed by atoms with Crippen molar-refractivity contribution in [2.45, 2.75) is 0 Å². The first kappa shape index (κ1) is 33.7. The topological polar surface area (TPSA) is 16.4 Å². The third kappa shape index (κ3) is 5.55. The SMILES string of the molecule is c1ccc(-c2cccc3cccc(-c4cccc(N(c5ccc(-c6ccc7c(c6)sc6ccccc67)cc5)c5cccc6oc7c8ccccc8ccc7c56)c4)c23)cc1. The molecule has 0 aliphatic heterocycles. The van der Waals surface area contributed by atoms with Gasteiger partial charge in [0.05, 0.1) is 11.1 Å². The van der Waals surface area contributed by atoms with Crippen molar-refractivity contribution in [1.29, 1.82) is 0 Å². The molecule has 0 bridgehead atoms. The number of rotatable bonds is 6. The maximum Gasteiger partial charge on any atom is 0.143 e. The van der Waals surface area contributed by atoms with Crippen molar-refractivity contribution >= 4 is 92.1 Å². The van der Waals surface area contributed by atoms with Crippen LogP contribution in [0, 0.1) is 0 Å². The van der Waals surface area contributed by atoms with E-state index in [9.17, 15) is 0 Å². The fourth-order valence-electron chi connectivity index (χ4n) is 9.11. The van der Waals surface area contributed by atoms with Gasteiger partial charge in [0.1, 0.15) is 11.2 Å². The maximum absolute atomic E-state index is 6.73. The number of furan rings is 1. The van der Waals surface area contributed by atoms with Crippen molar-refractivity contribution in [3.63, 3.8) is 0 Å². The zero-order chi connectivity index (χ0) is 38.9. The van der Waals surface area contributed by atoms with Gasteiger partial charge in [0.15, 0.2) is 0 Å². The Balaban J connectivity index is 1.05. The van der Waals surface area contributed by atoms with Crippen LogP contribution in [0.25, 0.3) is 97.0 Å². The monoisotopic (exact) mass is 769 g/mol. The van der Waals surface area contributed by atoms with Crippen LogP contribution in [0.4, 0.5) is 17.1 Å². The van der Waals surface area contributed by atoms with E-state index in [1.807, 2.05) is 11.3 Å². The van der Waals surface area contributed by atoms with Crippen LogP contribution in [0.3, 0.4) is 0 Å². The molecule has 10 aromatic carbocycles. The van der Waals surface area contributed by atoms with Gasteiger partial charge < -0.3 is 9.32 Å². The molecule has 12 rings (SSSR count). The number of nitrogens with zero attached hydrogens (tertiary/aromatic N) is 1. The van der Waals surface area contributed by atoms with Crippen molar-refractivity contribution in [1.82, 2.24) is 0 Å². The second-order valence-electron chi connectivity index (χ2n) is 15.2. The fraction of sp³-hybridized carbons (Fsp3) is 0. The highest BCUT2D eigenvalue weighted by atomic mass is 32.1. The Kier molecular flexibility index (Phi) is 7.75. The molecular weight excluding hydrogens is 735 g/mol. The van der Waals surface area contributed by atoms with Gasteiger partial charge in [0.25, 0.3) is 0 Å². The molecule has 12 aromatic rings. The Bertz CT molecular complexity index is 3550. The summed E-state index contributed by atoms with van der Waals surface area (Å²) in [5.74, 6) is 0. The van der Waals surface area contributed by atoms with Crippen LogP contribution >= 0.6 is 11.3 Å². The molecule has 0 saturated heterocycles. The van der Waals surface area contributed by atoms with Gasteiger partial charge in [-0.05, 0) is 104 Å². The molecule has 2 nitrogen and oxygen atoms in total. The van der Waals surface area contributed by atoms with Crippen LogP contribution in [0.2, 0.25) is 0 Å². The Morgan fingerprint density at radius 3 is 1.88 bits per heavy atom. The summed E-state index contributed by atoms with van der Waals surface area (Å²) in [7, 11) is 0. The van der Waals surface area contributed by atoms with Crippen LogP contribution in [0.5, 0.6) is 0 Å². The lowest BCUT2D eigenvalue weighted by atomic mass is 9.91. The predicted octanol–water partition coefficient (Wildman–Crippen LogP) is 16.7. The third-order valence-corrected chi connectivity index (χ3v) is 13.0. The second kappa shape index (κ2) is 13.6. The first-order valence-electron chi connectivity index (χ1n) is 20.1. The van der Waals surface area contributed by atoms with E-state index in [0.717, 1.165) is 50.0 Å². The Hall–Kier alpha value is -7.46. The molecule has 0 fully saturated rings. The third-order valence-electron chi connectivity index (χ3n) is 11.8. The standard InChI is InChI=1S/C56H35NOS/c1-2-12-37(13-3-1)44-21-9-15-39-16-10-22-45(54(39)44)41-17-8-18-43(34-41)57(50-23-11-24-51-55(50)49-33-28-38-14-4-5-19-46(38)56(49)58-51)42-30-26-36(27-31-42)40-29-32-48-47-20-6-7-25-52(47)59-53(48)35-40/h1-35H. The average molecular weight is 770 g/mol. The number of fused-ring (bicyclic) bond motifs is 9. The van der Waals surface area contributed by atoms with Crippen molar-refractivity contribution in [2.75, 3.05) is 4.90 Å². The van der Waals surface area contributed by atoms with E-state index in [1.165, 1.54) is 64.1 Å². The zero-order valence-corrected chi connectivity index (χ0v) is 32.8. The normalized spacial score (nSPS) is 11.7. The van der Waals surface area contributed by atoms with Crippen LogP contribution in [-0.2, 0) is 0 Å². The summed E-state index contributed by atoms with van der Waals surface area (Å²) in [4.78, 5) is 2.40. The first-order valence-corrected chi connectivity index (χ1v) is 20.9. The highest BCUT2D eigenvalue weighted by Crippen LogP contribution is 2.46. The zero-order valence-electron chi connectivity index (χ0n) is 32.0. The summed E-state index contributed by atoms with van der Waals surface area (Å²) in [6.45, 7) is 0. The van der Waals surface area contributed by atoms with Crippen LogP contribution in [0.15, 0.2) is 217 Å². The number of anilines is 3. The summed E-state index contributed by atoms with van der Waals surface area (Å²) in [6, 6.07) is 77.0. The molecule has 0 aliphatic carbocycles. The number of hydrogen-bond donors (Lipinski definition) is 0. The molecule has 0 radical (unpaired) electrons. The first-order chi connectivity index (χ1) is 29.2. The molecule has 0 saturated carbocycles. The molecule has 0 atom stereocenters. The van der Waals surface area contributed by atoms with E-state index in [0.29, 0.717) is 0 Å². The summed E-state index contributed by atoms with van der Waals surface area (Å²) < 4.78 is 9.36. The quantitative estimate of drug-likeness (QED) is 0.167. The van der Waals surface area contributed by atoms with Crippen molar-refractivity contribution in [3.8, 4) is 33.4 Å². The maximum atomic E-state index is 6.73. The fourth-order valence-corrected chi connectivity index (χ4v) is 10.3. The van der Waals surface area contributed by atoms with Gasteiger partial charge in [0, 0.05) is 42.3 Å². The lowest BCUT2D eigenvalue weighted by Crippen LogP contribution is -2.10. The number of thiophene rings is 1. The summed E-state index contributed by atoms with van der Waals surface area (Å²) >= 11 is 1.86. The van der Waals surface area contributed by atoms with Crippen LogP contribution in [0.1, 0.15) is 0 Å². The van der Waals surface area contributed by atoms with Gasteiger partial charge >= 0.3 is 0 Å². The largest absolute Gasteiger partial charge is 0.455 e. The average Bonchev–Trinajstić information content (AvgIpc) is 3.88. The van der Waals surface area contributed by atoms with E-state index in [1.54, 1.807) is 0 Å². The molecule has 59 heavy (non-hydrogen) atoms. The second-order valence-corrected chi connectivity index (χ2v) is 16.3. The Labute approximate surface area is 345 Å². The molecule has 0 N–H and O–H groups in total. The summed E-state index contributed by atoms with van der Waals surface area (Å²) in [5, 5.41) is 9.58. The molecule has 0 amide bonds. The van der Waals surface area contributed by atoms with Gasteiger partial charge in [-0.1, -0.05) is 158 Å². The van der Waals surface area contributed by atoms with Gasteiger partial charge in [-0.2, -0.15) is 0 Å². The lowest BCUT2D eigenvalue weighted by molar-refractivity contribution is 0.672. The van der Waals surface area contributed by atoms with Crippen molar-refractivity contribution in [3.05, 3.63) is 212 Å². The van der Waals surface area contributed by atoms with E-state index in [4.69, 9.17) is 4.42 Å². The van der Waals surface area contributed by atoms with Crippen molar-refractivity contribution in [2.24, 2.45) is 0 Å². The van der Waals surface area contributed by atoms with Gasteiger partial charge in [-0.3, -0.25) is 0 Å².